The van der Waals surface area contributed by atoms with Crippen molar-refractivity contribution in [3.05, 3.63) is 20.8 Å². The van der Waals surface area contributed by atoms with Gasteiger partial charge in [0.05, 0.1) is 9.83 Å². The lowest BCUT2D eigenvalue weighted by Gasteiger charge is -2.32. The molecule has 2 unspecified atom stereocenters. The minimum atomic E-state index is 0.184. The average molecular weight is 335 g/mol. The SMILES string of the molecule is CC(N)C(c1ccc(Br)s1)N1CCCSCC1. The standard InChI is InChI=1S/C12H19BrN2S2/c1-9(14)12(10-3-4-11(13)17-10)15-5-2-7-16-8-6-15/h3-4,9,12H,2,5-8,14H2,1H3. The van der Waals surface area contributed by atoms with Gasteiger partial charge in [-0.15, -0.1) is 11.3 Å². The number of hydrogen-bond acceptors (Lipinski definition) is 4. The number of halogens is 1. The van der Waals surface area contributed by atoms with Crippen LogP contribution in [0.15, 0.2) is 15.9 Å². The van der Waals surface area contributed by atoms with Crippen molar-refractivity contribution < 1.29 is 0 Å². The summed E-state index contributed by atoms with van der Waals surface area (Å²) in [6.45, 7) is 4.46. The van der Waals surface area contributed by atoms with Crippen LogP contribution in [0.1, 0.15) is 24.3 Å². The molecule has 2 nitrogen and oxygen atoms in total. The number of hydrogen-bond donors (Lipinski definition) is 1. The fourth-order valence-corrected chi connectivity index (χ4v) is 4.88. The first-order chi connectivity index (χ1) is 8.18. The van der Waals surface area contributed by atoms with E-state index in [2.05, 4.69) is 51.6 Å². The summed E-state index contributed by atoms with van der Waals surface area (Å²) < 4.78 is 1.20. The van der Waals surface area contributed by atoms with Gasteiger partial charge in [0, 0.05) is 23.2 Å². The van der Waals surface area contributed by atoms with Crippen LogP contribution in [0.5, 0.6) is 0 Å². The van der Waals surface area contributed by atoms with Crippen LogP contribution in [0.4, 0.5) is 0 Å². The van der Waals surface area contributed by atoms with Crippen LogP contribution in [0.3, 0.4) is 0 Å². The van der Waals surface area contributed by atoms with Crippen LogP contribution in [0.25, 0.3) is 0 Å². The summed E-state index contributed by atoms with van der Waals surface area (Å²) in [5.41, 5.74) is 6.20. The molecule has 2 heterocycles. The second-order valence-electron chi connectivity index (χ2n) is 4.45. The second-order valence-corrected chi connectivity index (χ2v) is 8.17. The van der Waals surface area contributed by atoms with E-state index < -0.39 is 0 Å². The summed E-state index contributed by atoms with van der Waals surface area (Å²) >= 11 is 7.42. The van der Waals surface area contributed by atoms with Crippen LogP contribution >= 0.6 is 39.0 Å². The molecular weight excluding hydrogens is 316 g/mol. The smallest absolute Gasteiger partial charge is 0.0702 e. The van der Waals surface area contributed by atoms with Crippen LogP contribution in [0, 0.1) is 0 Å². The first-order valence-electron chi connectivity index (χ1n) is 6.01. The molecule has 0 radical (unpaired) electrons. The van der Waals surface area contributed by atoms with Gasteiger partial charge in [-0.3, -0.25) is 4.90 Å². The fourth-order valence-electron chi connectivity index (χ4n) is 2.30. The largest absolute Gasteiger partial charge is 0.326 e. The second kappa shape index (κ2) is 6.57. The summed E-state index contributed by atoms with van der Waals surface area (Å²) in [5.74, 6) is 2.52. The minimum absolute atomic E-state index is 0.184. The van der Waals surface area contributed by atoms with Crippen LogP contribution in [-0.2, 0) is 0 Å². The Hall–Kier alpha value is 0.450. The molecule has 0 bridgehead atoms. The van der Waals surface area contributed by atoms with E-state index in [0.717, 1.165) is 6.54 Å². The lowest BCUT2D eigenvalue weighted by Crippen LogP contribution is -2.40. The molecule has 1 aromatic rings. The molecule has 2 rings (SSSR count). The van der Waals surface area contributed by atoms with E-state index >= 15 is 0 Å². The maximum absolute atomic E-state index is 6.20. The third-order valence-corrected chi connectivity index (χ3v) is 5.78. The van der Waals surface area contributed by atoms with Gasteiger partial charge >= 0.3 is 0 Å². The molecule has 1 aliphatic rings. The molecular formula is C12H19BrN2S2. The predicted molar refractivity (Wildman–Crippen MR) is 81.9 cm³/mol. The maximum atomic E-state index is 6.20. The molecule has 17 heavy (non-hydrogen) atoms. The molecule has 0 aromatic carbocycles. The fraction of sp³-hybridized carbons (Fsp3) is 0.667. The Morgan fingerprint density at radius 2 is 2.18 bits per heavy atom. The summed E-state index contributed by atoms with van der Waals surface area (Å²) in [6, 6.07) is 4.90. The summed E-state index contributed by atoms with van der Waals surface area (Å²) in [5, 5.41) is 0. The molecule has 0 aliphatic carbocycles. The van der Waals surface area contributed by atoms with Crippen molar-refractivity contribution >= 4 is 39.0 Å². The molecule has 1 aliphatic heterocycles. The highest BCUT2D eigenvalue weighted by molar-refractivity contribution is 9.11. The summed E-state index contributed by atoms with van der Waals surface area (Å²) in [4.78, 5) is 3.95. The minimum Gasteiger partial charge on any atom is -0.326 e. The van der Waals surface area contributed by atoms with E-state index in [4.69, 9.17) is 5.73 Å². The monoisotopic (exact) mass is 334 g/mol. The first kappa shape index (κ1) is 13.9. The highest BCUT2D eigenvalue weighted by atomic mass is 79.9. The van der Waals surface area contributed by atoms with Crippen LogP contribution < -0.4 is 5.73 Å². The van der Waals surface area contributed by atoms with E-state index in [-0.39, 0.29) is 6.04 Å². The normalized spacial score (nSPS) is 22.1. The molecule has 5 heteroatoms. The van der Waals surface area contributed by atoms with Gasteiger partial charge in [-0.2, -0.15) is 11.8 Å². The summed E-state index contributed by atoms with van der Waals surface area (Å²) in [6.07, 6.45) is 1.28. The van der Waals surface area contributed by atoms with Crippen molar-refractivity contribution in [3.8, 4) is 0 Å². The van der Waals surface area contributed by atoms with Gasteiger partial charge in [-0.1, -0.05) is 0 Å². The van der Waals surface area contributed by atoms with Crippen molar-refractivity contribution in [2.75, 3.05) is 24.6 Å². The van der Waals surface area contributed by atoms with Crippen molar-refractivity contribution in [2.45, 2.75) is 25.4 Å². The number of nitrogens with two attached hydrogens (primary N) is 1. The molecule has 0 saturated carbocycles. The first-order valence-corrected chi connectivity index (χ1v) is 8.77. The average Bonchev–Trinajstić information content (AvgIpc) is 2.53. The Bertz CT molecular complexity index is 346. The molecule has 96 valence electrons. The van der Waals surface area contributed by atoms with E-state index in [0.29, 0.717) is 6.04 Å². The van der Waals surface area contributed by atoms with Gasteiger partial charge in [-0.25, -0.2) is 0 Å². The number of nitrogens with zero attached hydrogens (tertiary/aromatic N) is 1. The van der Waals surface area contributed by atoms with Gasteiger partial charge in [-0.05, 0) is 53.7 Å². The highest BCUT2D eigenvalue weighted by Gasteiger charge is 2.25. The Labute approximate surface area is 120 Å². The molecule has 2 N–H and O–H groups in total. The number of rotatable bonds is 3. The zero-order valence-electron chi connectivity index (χ0n) is 10.1. The number of thiophene rings is 1. The summed E-state index contributed by atoms with van der Waals surface area (Å²) in [7, 11) is 0. The van der Waals surface area contributed by atoms with Crippen molar-refractivity contribution in [1.82, 2.24) is 4.90 Å². The molecule has 1 fully saturated rings. The van der Waals surface area contributed by atoms with Crippen molar-refractivity contribution in [3.63, 3.8) is 0 Å². The van der Waals surface area contributed by atoms with Gasteiger partial charge in [0.2, 0.25) is 0 Å². The van der Waals surface area contributed by atoms with Crippen LogP contribution in [-0.4, -0.2) is 35.5 Å². The molecule has 0 amide bonds. The highest BCUT2D eigenvalue weighted by Crippen LogP contribution is 2.33. The van der Waals surface area contributed by atoms with E-state index in [9.17, 15) is 0 Å². The molecule has 0 spiro atoms. The molecule has 2 atom stereocenters. The predicted octanol–water partition coefficient (Wildman–Crippen LogP) is 3.34. The Kier molecular flexibility index (Phi) is 5.36. The van der Waals surface area contributed by atoms with Crippen LogP contribution in [0.2, 0.25) is 0 Å². The lowest BCUT2D eigenvalue weighted by atomic mass is 10.1. The maximum Gasteiger partial charge on any atom is 0.0702 e. The lowest BCUT2D eigenvalue weighted by molar-refractivity contribution is 0.193. The van der Waals surface area contributed by atoms with E-state index in [1.165, 1.54) is 33.1 Å². The van der Waals surface area contributed by atoms with Gasteiger partial charge in [0.1, 0.15) is 0 Å². The number of thioether (sulfide) groups is 1. The van der Waals surface area contributed by atoms with Gasteiger partial charge in [0.15, 0.2) is 0 Å². The van der Waals surface area contributed by atoms with Gasteiger partial charge < -0.3 is 5.73 Å². The topological polar surface area (TPSA) is 29.3 Å². The molecule has 1 aromatic heterocycles. The van der Waals surface area contributed by atoms with Crippen molar-refractivity contribution in [1.29, 1.82) is 0 Å². The van der Waals surface area contributed by atoms with E-state index in [1.807, 2.05) is 11.3 Å². The third-order valence-electron chi connectivity index (χ3n) is 3.03. The molecule has 1 saturated heterocycles. The van der Waals surface area contributed by atoms with Crippen molar-refractivity contribution in [2.24, 2.45) is 5.73 Å². The third kappa shape index (κ3) is 3.70. The zero-order chi connectivity index (χ0) is 12.3. The Morgan fingerprint density at radius 1 is 1.35 bits per heavy atom. The van der Waals surface area contributed by atoms with E-state index in [1.54, 1.807) is 0 Å². The Morgan fingerprint density at radius 3 is 2.82 bits per heavy atom. The van der Waals surface area contributed by atoms with Gasteiger partial charge in [0.25, 0.3) is 0 Å². The zero-order valence-corrected chi connectivity index (χ0v) is 13.3. The quantitative estimate of drug-likeness (QED) is 0.919. The Balaban J connectivity index is 2.15.